The second-order valence-electron chi connectivity index (χ2n) is 6.80. The number of ketones is 1. The van der Waals surface area contributed by atoms with Crippen molar-refractivity contribution in [2.24, 2.45) is 0 Å². The maximum Gasteiger partial charge on any atom is 0.264 e. The zero-order valence-corrected chi connectivity index (χ0v) is 18.1. The Morgan fingerprint density at radius 3 is 2.38 bits per heavy atom. The fraction of sp³-hybridized carbons (Fsp3) is 0.318. The Kier molecular flexibility index (Phi) is 7.84. The van der Waals surface area contributed by atoms with E-state index >= 15 is 0 Å². The highest BCUT2D eigenvalue weighted by atomic mass is 32.2. The van der Waals surface area contributed by atoms with Crippen LogP contribution < -0.4 is 9.04 Å². The normalized spacial score (nSPS) is 11.4. The second kappa shape index (κ2) is 10.1. The standard InChI is InChI=1S/C22H28N2O4S/c1-5-6-15-24(29(26,27)21-12-10-20(28-4)11-13-21)19-9-7-8-18(17-19)22(25)14-16-23(2)3/h7-14,16-17H,5-6,15H2,1-4H3/b16-14+. The van der Waals surface area contributed by atoms with Gasteiger partial charge in [-0.25, -0.2) is 8.42 Å². The number of ether oxygens (including phenoxy) is 1. The topological polar surface area (TPSA) is 66.9 Å². The van der Waals surface area contributed by atoms with Gasteiger partial charge in [0.05, 0.1) is 17.7 Å². The number of carbonyl (C=O) groups excluding carboxylic acids is 1. The molecule has 0 N–H and O–H groups in total. The van der Waals surface area contributed by atoms with E-state index in [1.807, 2.05) is 21.0 Å². The number of hydrogen-bond donors (Lipinski definition) is 0. The first kappa shape index (κ1) is 22.5. The number of nitrogens with zero attached hydrogens (tertiary/aromatic N) is 2. The molecule has 2 aromatic rings. The van der Waals surface area contributed by atoms with Crippen molar-refractivity contribution in [3.05, 3.63) is 66.4 Å². The van der Waals surface area contributed by atoms with Gasteiger partial charge in [-0.2, -0.15) is 0 Å². The van der Waals surface area contributed by atoms with Crippen LogP contribution in [0.15, 0.2) is 65.7 Å². The molecule has 0 saturated carbocycles. The minimum absolute atomic E-state index is 0.179. The monoisotopic (exact) mass is 416 g/mol. The molecular weight excluding hydrogens is 388 g/mol. The SMILES string of the molecule is CCCCN(c1cccc(C(=O)/C=C/N(C)C)c1)S(=O)(=O)c1ccc(OC)cc1. The van der Waals surface area contributed by atoms with E-state index in [1.54, 1.807) is 47.5 Å². The van der Waals surface area contributed by atoms with Crippen LogP contribution in [0.1, 0.15) is 30.1 Å². The summed E-state index contributed by atoms with van der Waals surface area (Å²) in [5.74, 6) is 0.405. The molecule has 0 atom stereocenters. The first-order valence-electron chi connectivity index (χ1n) is 9.45. The van der Waals surface area contributed by atoms with Gasteiger partial charge in [0, 0.05) is 38.5 Å². The number of benzene rings is 2. The lowest BCUT2D eigenvalue weighted by Crippen LogP contribution is -2.32. The van der Waals surface area contributed by atoms with E-state index < -0.39 is 10.0 Å². The summed E-state index contributed by atoms with van der Waals surface area (Å²) >= 11 is 0. The molecule has 2 rings (SSSR count). The molecule has 156 valence electrons. The fourth-order valence-corrected chi connectivity index (χ4v) is 4.19. The van der Waals surface area contributed by atoms with Crippen LogP contribution in [0.5, 0.6) is 5.75 Å². The van der Waals surface area contributed by atoms with Gasteiger partial charge in [-0.3, -0.25) is 9.10 Å². The van der Waals surface area contributed by atoms with Crippen molar-refractivity contribution >= 4 is 21.5 Å². The van der Waals surface area contributed by atoms with Crippen LogP contribution in [0.3, 0.4) is 0 Å². The number of carbonyl (C=O) groups is 1. The summed E-state index contributed by atoms with van der Waals surface area (Å²) in [5, 5.41) is 0. The molecule has 0 aliphatic rings. The molecular formula is C22H28N2O4S. The Balaban J connectivity index is 2.43. The lowest BCUT2D eigenvalue weighted by atomic mass is 10.1. The summed E-state index contributed by atoms with van der Waals surface area (Å²) in [6.45, 7) is 2.33. The molecule has 0 bridgehead atoms. The highest BCUT2D eigenvalue weighted by Crippen LogP contribution is 2.26. The molecule has 0 aliphatic carbocycles. The van der Waals surface area contributed by atoms with Crippen LogP contribution in [0.25, 0.3) is 0 Å². The van der Waals surface area contributed by atoms with Crippen LogP contribution in [0.4, 0.5) is 5.69 Å². The molecule has 0 unspecified atom stereocenters. The molecule has 7 heteroatoms. The minimum Gasteiger partial charge on any atom is -0.497 e. The first-order chi connectivity index (χ1) is 13.8. The number of hydrogen-bond acceptors (Lipinski definition) is 5. The zero-order chi connectivity index (χ0) is 21.4. The maximum absolute atomic E-state index is 13.3. The lowest BCUT2D eigenvalue weighted by Gasteiger charge is -2.25. The number of rotatable bonds is 10. The van der Waals surface area contributed by atoms with Gasteiger partial charge in [-0.1, -0.05) is 25.5 Å². The molecule has 0 radical (unpaired) electrons. The predicted octanol–water partition coefficient (Wildman–Crippen LogP) is 3.95. The summed E-state index contributed by atoms with van der Waals surface area (Å²) in [6, 6.07) is 13.0. The van der Waals surface area contributed by atoms with Gasteiger partial charge in [0.1, 0.15) is 5.75 Å². The van der Waals surface area contributed by atoms with Gasteiger partial charge < -0.3 is 9.64 Å². The maximum atomic E-state index is 13.3. The molecule has 0 spiro atoms. The number of anilines is 1. The van der Waals surface area contributed by atoms with Crippen molar-refractivity contribution in [1.29, 1.82) is 0 Å². The van der Waals surface area contributed by atoms with Crippen LogP contribution in [0, 0.1) is 0 Å². The van der Waals surface area contributed by atoms with E-state index in [9.17, 15) is 13.2 Å². The second-order valence-corrected chi connectivity index (χ2v) is 8.66. The summed E-state index contributed by atoms with van der Waals surface area (Å²) < 4.78 is 33.1. The summed E-state index contributed by atoms with van der Waals surface area (Å²) in [5.41, 5.74) is 0.908. The molecule has 0 fully saturated rings. The molecule has 0 aromatic heterocycles. The third-order valence-electron chi connectivity index (χ3n) is 4.30. The molecule has 0 amide bonds. The van der Waals surface area contributed by atoms with Gasteiger partial charge in [0.15, 0.2) is 5.78 Å². The average Bonchev–Trinajstić information content (AvgIpc) is 2.72. The first-order valence-corrected chi connectivity index (χ1v) is 10.9. The van der Waals surface area contributed by atoms with E-state index in [2.05, 4.69) is 0 Å². The number of sulfonamides is 1. The molecule has 2 aromatic carbocycles. The Morgan fingerprint density at radius 1 is 1.10 bits per heavy atom. The summed E-state index contributed by atoms with van der Waals surface area (Å²) in [4.78, 5) is 14.4. The van der Waals surface area contributed by atoms with Gasteiger partial charge in [0.25, 0.3) is 10.0 Å². The molecule has 0 heterocycles. The van der Waals surface area contributed by atoms with E-state index in [4.69, 9.17) is 4.74 Å². The Morgan fingerprint density at radius 2 is 1.79 bits per heavy atom. The van der Waals surface area contributed by atoms with E-state index in [-0.39, 0.29) is 10.7 Å². The van der Waals surface area contributed by atoms with E-state index in [0.717, 1.165) is 6.42 Å². The molecule has 0 aliphatic heterocycles. The molecule has 6 nitrogen and oxygen atoms in total. The van der Waals surface area contributed by atoms with Crippen molar-refractivity contribution in [1.82, 2.24) is 4.90 Å². The fourth-order valence-electron chi connectivity index (χ4n) is 2.69. The number of methoxy groups -OCH3 is 1. The van der Waals surface area contributed by atoms with Crippen LogP contribution in [0.2, 0.25) is 0 Å². The summed E-state index contributed by atoms with van der Waals surface area (Å²) in [7, 11) is 1.41. The zero-order valence-electron chi connectivity index (χ0n) is 17.3. The average molecular weight is 417 g/mol. The highest BCUT2D eigenvalue weighted by molar-refractivity contribution is 7.92. The van der Waals surface area contributed by atoms with Gasteiger partial charge in [-0.05, 0) is 42.8 Å². The Bertz CT molecular complexity index is 951. The van der Waals surface area contributed by atoms with Crippen LogP contribution >= 0.6 is 0 Å². The molecule has 29 heavy (non-hydrogen) atoms. The highest BCUT2D eigenvalue weighted by Gasteiger charge is 2.25. The van der Waals surface area contributed by atoms with Gasteiger partial charge >= 0.3 is 0 Å². The Labute approximate surface area is 173 Å². The number of unbranched alkanes of at least 4 members (excludes halogenated alkanes) is 1. The van der Waals surface area contributed by atoms with Crippen molar-refractivity contribution < 1.29 is 17.9 Å². The van der Waals surface area contributed by atoms with Crippen molar-refractivity contribution in [2.45, 2.75) is 24.7 Å². The van der Waals surface area contributed by atoms with Gasteiger partial charge in [-0.15, -0.1) is 0 Å². The third kappa shape index (κ3) is 5.84. The smallest absolute Gasteiger partial charge is 0.264 e. The van der Waals surface area contributed by atoms with E-state index in [0.29, 0.717) is 30.0 Å². The minimum atomic E-state index is -3.78. The quantitative estimate of drug-likeness (QED) is 0.433. The Hall–Kier alpha value is -2.80. The lowest BCUT2D eigenvalue weighted by molar-refractivity contribution is 0.104. The van der Waals surface area contributed by atoms with E-state index in [1.165, 1.54) is 29.6 Å². The van der Waals surface area contributed by atoms with Crippen molar-refractivity contribution in [3.63, 3.8) is 0 Å². The largest absolute Gasteiger partial charge is 0.497 e. The van der Waals surface area contributed by atoms with Crippen LogP contribution in [-0.4, -0.2) is 46.9 Å². The van der Waals surface area contributed by atoms with Crippen molar-refractivity contribution in [3.8, 4) is 5.75 Å². The third-order valence-corrected chi connectivity index (χ3v) is 6.15. The predicted molar refractivity (Wildman–Crippen MR) is 116 cm³/mol. The molecule has 0 saturated heterocycles. The van der Waals surface area contributed by atoms with Crippen molar-refractivity contribution in [2.75, 3.05) is 32.1 Å². The van der Waals surface area contributed by atoms with Crippen LogP contribution in [-0.2, 0) is 10.0 Å². The summed E-state index contributed by atoms with van der Waals surface area (Å²) in [6.07, 6.45) is 4.68. The van der Waals surface area contributed by atoms with Gasteiger partial charge in [0.2, 0.25) is 0 Å². The number of allylic oxidation sites excluding steroid dienone is 1.